The van der Waals surface area contributed by atoms with Gasteiger partial charge < -0.3 is 10.4 Å². The fourth-order valence-corrected chi connectivity index (χ4v) is 4.34. The fourth-order valence-electron chi connectivity index (χ4n) is 4.34. The van der Waals surface area contributed by atoms with Crippen molar-refractivity contribution in [3.63, 3.8) is 0 Å². The highest BCUT2D eigenvalue weighted by Gasteiger charge is 2.48. The zero-order valence-corrected chi connectivity index (χ0v) is 19.0. The largest absolute Gasteiger partial charge is 0.416 e. The number of carbonyl (C=O) groups is 3. The van der Waals surface area contributed by atoms with Gasteiger partial charge >= 0.3 is 18.2 Å². The highest BCUT2D eigenvalue weighted by Crippen LogP contribution is 2.45. The minimum atomic E-state index is -4.67. The molecule has 0 bridgehead atoms. The lowest BCUT2D eigenvalue weighted by Crippen LogP contribution is -2.56. The highest BCUT2D eigenvalue weighted by atomic mass is 19.4. The first kappa shape index (κ1) is 24.9. The molecule has 0 fully saturated rings. The molecule has 36 heavy (non-hydrogen) atoms. The average Bonchev–Trinajstić information content (AvgIpc) is 3.23. The molecule has 2 aliphatic rings. The summed E-state index contributed by atoms with van der Waals surface area (Å²) in [6.45, 7) is 1.07. The van der Waals surface area contributed by atoms with Gasteiger partial charge in [0.05, 0.1) is 41.6 Å². The number of hydrogen-bond acceptors (Lipinski definition) is 5. The molecular formula is C25H21F3N4O4. The van der Waals surface area contributed by atoms with Crippen molar-refractivity contribution in [2.24, 2.45) is 0 Å². The molecule has 1 aliphatic carbocycles. The number of carbonyl (C=O) groups excluding carboxylic acids is 3. The summed E-state index contributed by atoms with van der Waals surface area (Å²) in [5.74, 6) is -0.350. The van der Waals surface area contributed by atoms with Crippen molar-refractivity contribution in [2.45, 2.75) is 38.0 Å². The average molecular weight is 498 g/mol. The van der Waals surface area contributed by atoms with Gasteiger partial charge in [0, 0.05) is 17.7 Å². The molecule has 1 aliphatic heterocycles. The minimum Gasteiger partial charge on any atom is -0.394 e. The van der Waals surface area contributed by atoms with Gasteiger partial charge in [0.25, 0.3) is 0 Å². The number of nitriles is 1. The van der Waals surface area contributed by atoms with Crippen molar-refractivity contribution in [3.05, 3.63) is 76.5 Å². The molecule has 1 unspecified atom stereocenters. The monoisotopic (exact) mass is 498 g/mol. The van der Waals surface area contributed by atoms with Gasteiger partial charge in [-0.25, -0.2) is 14.5 Å². The van der Waals surface area contributed by atoms with Crippen LogP contribution in [0.5, 0.6) is 0 Å². The number of urea groups is 2. The lowest BCUT2D eigenvalue weighted by molar-refractivity contribution is -0.137. The number of amides is 4. The number of aliphatic hydroxyl groups excluding tert-OH is 1. The zero-order valence-electron chi connectivity index (χ0n) is 19.0. The molecule has 0 radical (unpaired) electrons. The molecule has 8 nitrogen and oxygen atoms in total. The maximum atomic E-state index is 13.8. The first-order valence-corrected chi connectivity index (χ1v) is 11.0. The van der Waals surface area contributed by atoms with E-state index < -0.39 is 42.5 Å². The van der Waals surface area contributed by atoms with E-state index in [1.165, 1.54) is 37.3 Å². The number of nitrogens with one attached hydrogen (secondary N) is 1. The number of aliphatic hydroxyl groups is 1. The number of Topliss-reactive ketones (excluding diaryl/α,β-unsaturated/α-hetero) is 1. The van der Waals surface area contributed by atoms with Crippen LogP contribution in [-0.4, -0.2) is 40.5 Å². The van der Waals surface area contributed by atoms with Gasteiger partial charge in [0.15, 0.2) is 5.78 Å². The molecule has 2 aromatic carbocycles. The molecule has 0 saturated heterocycles. The standard InChI is InChI=1S/C25H21F3N4O4/c1-14(13-33)30-23(35)32-22(16-7-5-15(12-29)6-8-16)21-19(9-10-20(21)34)31(24(32)36)18-4-2-3-17(11-18)25(26,27)28/h2-8,11,14,22,33H,9-10,13H2,1H3,(H,30,35)/t14-,22?/m1/s1. The van der Waals surface area contributed by atoms with Crippen LogP contribution in [0.2, 0.25) is 0 Å². The summed E-state index contributed by atoms with van der Waals surface area (Å²) < 4.78 is 40.2. The first-order chi connectivity index (χ1) is 17.1. The van der Waals surface area contributed by atoms with E-state index in [1.807, 2.05) is 6.07 Å². The predicted molar refractivity (Wildman–Crippen MR) is 121 cm³/mol. The van der Waals surface area contributed by atoms with Crippen LogP contribution < -0.4 is 10.2 Å². The number of allylic oxidation sites excluding steroid dienone is 1. The Kier molecular flexibility index (Phi) is 6.56. The second kappa shape index (κ2) is 9.47. The van der Waals surface area contributed by atoms with E-state index in [2.05, 4.69) is 5.32 Å². The number of rotatable bonds is 4. The van der Waals surface area contributed by atoms with Crippen LogP contribution in [0.1, 0.15) is 42.5 Å². The number of imide groups is 1. The van der Waals surface area contributed by atoms with Gasteiger partial charge in [-0.05, 0) is 49.2 Å². The Balaban J connectivity index is 1.91. The summed E-state index contributed by atoms with van der Waals surface area (Å²) in [6.07, 6.45) is -4.55. The molecule has 0 saturated carbocycles. The van der Waals surface area contributed by atoms with Crippen LogP contribution in [0, 0.1) is 11.3 Å². The quantitative estimate of drug-likeness (QED) is 0.654. The number of halogens is 3. The SMILES string of the molecule is C[C@H](CO)NC(=O)N1C(=O)N(c2cccc(C(F)(F)F)c2)C2=C(C(=O)CC2)C1c1ccc(C#N)cc1. The lowest BCUT2D eigenvalue weighted by Gasteiger charge is -2.41. The predicted octanol–water partition coefficient (Wildman–Crippen LogP) is 4.27. The van der Waals surface area contributed by atoms with E-state index in [4.69, 9.17) is 5.26 Å². The Bertz CT molecular complexity index is 1300. The number of alkyl halides is 3. The fraction of sp³-hybridized carbons (Fsp3) is 0.280. The van der Waals surface area contributed by atoms with Gasteiger partial charge in [-0.2, -0.15) is 18.4 Å². The molecule has 2 N–H and O–H groups in total. The van der Waals surface area contributed by atoms with Crippen molar-refractivity contribution >= 4 is 23.5 Å². The van der Waals surface area contributed by atoms with Gasteiger partial charge in [-0.15, -0.1) is 0 Å². The van der Waals surface area contributed by atoms with Crippen LogP contribution in [0.4, 0.5) is 28.4 Å². The molecule has 4 amide bonds. The molecule has 1 heterocycles. The third-order valence-electron chi connectivity index (χ3n) is 6.05. The molecule has 0 spiro atoms. The Morgan fingerprint density at radius 2 is 1.89 bits per heavy atom. The summed E-state index contributed by atoms with van der Waals surface area (Å²) in [5.41, 5.74) is -0.0907. The molecule has 186 valence electrons. The van der Waals surface area contributed by atoms with E-state index in [0.717, 1.165) is 28.0 Å². The number of ketones is 1. The van der Waals surface area contributed by atoms with E-state index >= 15 is 0 Å². The van der Waals surface area contributed by atoms with Crippen LogP contribution >= 0.6 is 0 Å². The van der Waals surface area contributed by atoms with Crippen LogP contribution in [0.15, 0.2) is 59.8 Å². The van der Waals surface area contributed by atoms with Gasteiger partial charge in [-0.3, -0.25) is 9.69 Å². The maximum Gasteiger partial charge on any atom is 0.416 e. The number of nitrogens with zero attached hydrogens (tertiary/aromatic N) is 3. The summed E-state index contributed by atoms with van der Waals surface area (Å²) >= 11 is 0. The number of hydrogen-bond donors (Lipinski definition) is 2. The second-order valence-electron chi connectivity index (χ2n) is 8.49. The van der Waals surface area contributed by atoms with E-state index in [9.17, 15) is 32.7 Å². The smallest absolute Gasteiger partial charge is 0.394 e. The Morgan fingerprint density at radius 1 is 1.19 bits per heavy atom. The van der Waals surface area contributed by atoms with Gasteiger partial charge in [-0.1, -0.05) is 18.2 Å². The summed E-state index contributed by atoms with van der Waals surface area (Å²) in [5, 5.41) is 21.0. The maximum absolute atomic E-state index is 13.8. The second-order valence-corrected chi connectivity index (χ2v) is 8.49. The van der Waals surface area contributed by atoms with Crippen molar-refractivity contribution < 1.29 is 32.7 Å². The van der Waals surface area contributed by atoms with Crippen LogP contribution in [-0.2, 0) is 11.0 Å². The van der Waals surface area contributed by atoms with E-state index in [-0.39, 0.29) is 35.6 Å². The molecule has 2 aromatic rings. The third-order valence-corrected chi connectivity index (χ3v) is 6.05. The molecule has 0 aromatic heterocycles. The Morgan fingerprint density at radius 3 is 2.50 bits per heavy atom. The first-order valence-electron chi connectivity index (χ1n) is 11.0. The Labute approximate surface area is 204 Å². The normalized spacial score (nSPS) is 18.7. The summed E-state index contributed by atoms with van der Waals surface area (Å²) in [6, 6.07) is 8.27. The third kappa shape index (κ3) is 4.43. The molecule has 2 atom stereocenters. The van der Waals surface area contributed by atoms with Crippen molar-refractivity contribution in [1.29, 1.82) is 5.26 Å². The minimum absolute atomic E-state index is 0.0166. The van der Waals surface area contributed by atoms with Gasteiger partial charge in [0.1, 0.15) is 0 Å². The summed E-state index contributed by atoms with van der Waals surface area (Å²) in [4.78, 5) is 41.9. The molecule has 11 heteroatoms. The van der Waals surface area contributed by atoms with Crippen LogP contribution in [0.25, 0.3) is 0 Å². The number of anilines is 1. The van der Waals surface area contributed by atoms with Gasteiger partial charge in [0.2, 0.25) is 0 Å². The molecular weight excluding hydrogens is 477 g/mol. The van der Waals surface area contributed by atoms with Crippen LogP contribution in [0.3, 0.4) is 0 Å². The Hall–Kier alpha value is -4.17. The van der Waals surface area contributed by atoms with Crippen molar-refractivity contribution in [3.8, 4) is 6.07 Å². The topological polar surface area (TPSA) is 114 Å². The lowest BCUT2D eigenvalue weighted by atomic mass is 9.92. The number of benzene rings is 2. The zero-order chi connectivity index (χ0) is 26.2. The van der Waals surface area contributed by atoms with E-state index in [1.54, 1.807) is 0 Å². The highest BCUT2D eigenvalue weighted by molar-refractivity contribution is 6.12. The summed E-state index contributed by atoms with van der Waals surface area (Å²) in [7, 11) is 0. The van der Waals surface area contributed by atoms with Crippen molar-refractivity contribution in [1.82, 2.24) is 10.2 Å². The van der Waals surface area contributed by atoms with E-state index in [0.29, 0.717) is 11.1 Å². The van der Waals surface area contributed by atoms with Crippen molar-refractivity contribution in [2.75, 3.05) is 11.5 Å². The molecule has 4 rings (SSSR count).